The molecule has 2 aromatic rings. The summed E-state index contributed by atoms with van der Waals surface area (Å²) < 4.78 is 6.81. The van der Waals surface area contributed by atoms with Crippen molar-refractivity contribution >= 4 is 40.7 Å². The van der Waals surface area contributed by atoms with Crippen LogP contribution in [0.15, 0.2) is 79.9 Å². The molecule has 8 nitrogen and oxygen atoms in total. The van der Waals surface area contributed by atoms with Crippen molar-refractivity contribution in [3.8, 4) is 0 Å². The predicted molar refractivity (Wildman–Crippen MR) is 163 cm³/mol. The number of benzene rings is 2. The molecule has 2 unspecified atom stereocenters. The number of likely N-dealkylation sites (tertiary alicyclic amines) is 1. The van der Waals surface area contributed by atoms with Gasteiger partial charge < -0.3 is 24.5 Å². The van der Waals surface area contributed by atoms with Gasteiger partial charge in [0.05, 0.1) is 30.1 Å². The van der Waals surface area contributed by atoms with Gasteiger partial charge >= 0.3 is 0 Å². The third-order valence-corrected chi connectivity index (χ3v) is 9.40. The van der Waals surface area contributed by atoms with E-state index in [1.54, 1.807) is 46.2 Å². The minimum Gasteiger partial charge on any atom is -0.394 e. The van der Waals surface area contributed by atoms with Crippen LogP contribution in [0.25, 0.3) is 0 Å². The Kier molecular flexibility index (Phi) is 8.34. The van der Waals surface area contributed by atoms with Crippen molar-refractivity contribution in [3.05, 3.63) is 84.9 Å². The van der Waals surface area contributed by atoms with Crippen molar-refractivity contribution in [3.63, 3.8) is 0 Å². The molecule has 0 saturated carbocycles. The molecule has 3 aliphatic heterocycles. The van der Waals surface area contributed by atoms with Crippen LogP contribution in [0.2, 0.25) is 5.02 Å². The summed E-state index contributed by atoms with van der Waals surface area (Å²) in [6.45, 7) is 11.6. The van der Waals surface area contributed by atoms with Gasteiger partial charge in [-0.1, -0.05) is 48.9 Å². The zero-order chi connectivity index (χ0) is 30.2. The lowest BCUT2D eigenvalue weighted by atomic mass is 9.66. The van der Waals surface area contributed by atoms with Gasteiger partial charge in [-0.3, -0.25) is 14.4 Å². The quantitative estimate of drug-likeness (QED) is 0.385. The molecule has 2 bridgehead atoms. The lowest BCUT2D eigenvalue weighted by Crippen LogP contribution is -2.59. The minimum absolute atomic E-state index is 0.191. The van der Waals surface area contributed by atoms with Gasteiger partial charge in [0, 0.05) is 29.5 Å². The Morgan fingerprint density at radius 1 is 1.05 bits per heavy atom. The minimum atomic E-state index is -1.23. The average Bonchev–Trinajstić information content (AvgIpc) is 3.56. The van der Waals surface area contributed by atoms with Crippen molar-refractivity contribution < 1.29 is 24.2 Å². The van der Waals surface area contributed by atoms with Crippen molar-refractivity contribution in [2.75, 3.05) is 29.5 Å². The summed E-state index contributed by atoms with van der Waals surface area (Å²) in [7, 11) is 0. The van der Waals surface area contributed by atoms with E-state index in [1.807, 2.05) is 44.2 Å². The van der Waals surface area contributed by atoms with E-state index in [-0.39, 0.29) is 37.4 Å². The smallest absolute Gasteiger partial charge is 0.253 e. The molecule has 42 heavy (non-hydrogen) atoms. The number of anilines is 2. The number of halogens is 1. The molecule has 222 valence electrons. The number of amides is 3. The third kappa shape index (κ3) is 4.66. The van der Waals surface area contributed by atoms with E-state index in [4.69, 9.17) is 16.3 Å². The molecule has 6 atom stereocenters. The number of rotatable bonds is 11. The number of aliphatic hydroxyl groups excluding tert-OH is 1. The van der Waals surface area contributed by atoms with E-state index >= 15 is 0 Å². The number of aliphatic hydroxyl groups is 1. The molecule has 1 spiro atoms. The van der Waals surface area contributed by atoms with Crippen LogP contribution in [-0.4, -0.2) is 70.7 Å². The number of ether oxygens (including phenoxy) is 1. The lowest BCUT2D eigenvalue weighted by Gasteiger charge is -2.39. The van der Waals surface area contributed by atoms with Crippen LogP contribution in [0.1, 0.15) is 33.1 Å². The van der Waals surface area contributed by atoms with Crippen molar-refractivity contribution in [1.29, 1.82) is 0 Å². The zero-order valence-corrected chi connectivity index (χ0v) is 24.9. The van der Waals surface area contributed by atoms with Gasteiger partial charge in [-0.05, 0) is 62.6 Å². The molecule has 9 heteroatoms. The van der Waals surface area contributed by atoms with Crippen molar-refractivity contribution in [2.45, 2.75) is 56.4 Å². The first kappa shape index (κ1) is 30.0. The van der Waals surface area contributed by atoms with Crippen LogP contribution in [0.4, 0.5) is 11.4 Å². The van der Waals surface area contributed by atoms with E-state index in [0.29, 0.717) is 35.7 Å². The summed E-state index contributed by atoms with van der Waals surface area (Å²) >= 11 is 6.13. The molecule has 0 aromatic heterocycles. The van der Waals surface area contributed by atoms with E-state index in [9.17, 15) is 19.5 Å². The van der Waals surface area contributed by atoms with Gasteiger partial charge in [-0.15, -0.1) is 13.2 Å². The Bertz CT molecular complexity index is 1360. The molecule has 3 aliphatic rings. The largest absolute Gasteiger partial charge is 0.394 e. The van der Waals surface area contributed by atoms with Crippen molar-refractivity contribution in [2.24, 2.45) is 11.8 Å². The average molecular weight is 592 g/mol. The van der Waals surface area contributed by atoms with Gasteiger partial charge in [0.1, 0.15) is 11.6 Å². The zero-order valence-electron chi connectivity index (χ0n) is 24.1. The Hall–Kier alpha value is -3.46. The van der Waals surface area contributed by atoms with E-state index in [1.165, 1.54) is 4.90 Å². The summed E-state index contributed by atoms with van der Waals surface area (Å²) in [4.78, 5) is 48.3. The molecular formula is C33H38ClN3O5. The van der Waals surface area contributed by atoms with E-state index in [2.05, 4.69) is 13.2 Å². The van der Waals surface area contributed by atoms with Gasteiger partial charge in [-0.2, -0.15) is 0 Å². The van der Waals surface area contributed by atoms with Crippen LogP contribution in [0.3, 0.4) is 0 Å². The van der Waals surface area contributed by atoms with Crippen LogP contribution < -0.4 is 9.80 Å². The number of fused-ring (bicyclic) bond motifs is 1. The van der Waals surface area contributed by atoms with E-state index < -0.39 is 35.1 Å². The van der Waals surface area contributed by atoms with Crippen LogP contribution in [0, 0.1) is 11.8 Å². The number of nitrogens with zero attached hydrogens (tertiary/aromatic N) is 3. The molecule has 3 saturated heterocycles. The second kappa shape index (κ2) is 11.7. The SMILES string of the molecule is C=CCN(C(=O)C1N([C@@H](CC)CO)C(=O)[C@@H]2[C@H](C(=O)N(CC=C)c3ccccc3)[C@]3(C)CCC12O3)c1ccc(Cl)cc1. The summed E-state index contributed by atoms with van der Waals surface area (Å²) in [5, 5.41) is 10.9. The van der Waals surface area contributed by atoms with Gasteiger partial charge in [0.15, 0.2) is 0 Å². The van der Waals surface area contributed by atoms with Crippen LogP contribution in [0.5, 0.6) is 0 Å². The summed E-state index contributed by atoms with van der Waals surface area (Å²) in [5.41, 5.74) is -0.879. The number of carbonyl (C=O) groups is 3. The highest BCUT2D eigenvalue weighted by molar-refractivity contribution is 6.30. The molecule has 0 aliphatic carbocycles. The standard InChI is InChI=1S/C33H38ClN3O5/c1-5-19-35(24-11-9-8-10-12-24)29(39)26-27-30(40)37(23(7-3)21-38)28(33(27)18-17-32(26,4)42-33)31(41)36(20-6-2)25-15-13-22(34)14-16-25/h5-6,8-16,23,26-28,38H,1-2,7,17-21H2,3-4H3/t23-,26+,27-,28?,32-,33?/m0/s1. The molecule has 0 radical (unpaired) electrons. The van der Waals surface area contributed by atoms with E-state index in [0.717, 1.165) is 0 Å². The highest BCUT2D eigenvalue weighted by Gasteiger charge is 2.78. The second-order valence-corrected chi connectivity index (χ2v) is 11.9. The molecule has 5 rings (SSSR count). The fourth-order valence-corrected chi connectivity index (χ4v) is 7.40. The molecule has 3 heterocycles. The second-order valence-electron chi connectivity index (χ2n) is 11.5. The molecule has 3 fully saturated rings. The van der Waals surface area contributed by atoms with Gasteiger partial charge in [0.25, 0.3) is 5.91 Å². The Morgan fingerprint density at radius 3 is 2.21 bits per heavy atom. The molecule has 1 N–H and O–H groups in total. The molecule has 2 aromatic carbocycles. The highest BCUT2D eigenvalue weighted by Crippen LogP contribution is 2.64. The number of carbonyl (C=O) groups excluding carboxylic acids is 3. The first-order chi connectivity index (χ1) is 20.2. The fourth-order valence-electron chi connectivity index (χ4n) is 7.27. The highest BCUT2D eigenvalue weighted by atomic mass is 35.5. The molecule has 3 amide bonds. The summed E-state index contributed by atoms with van der Waals surface area (Å²) in [6, 6.07) is 14.5. The lowest BCUT2D eigenvalue weighted by molar-refractivity contribution is -0.148. The number of hydrogen-bond donors (Lipinski definition) is 1. The number of para-hydroxylation sites is 1. The Balaban J connectivity index is 1.62. The van der Waals surface area contributed by atoms with Crippen LogP contribution >= 0.6 is 11.6 Å². The maximum Gasteiger partial charge on any atom is 0.253 e. The monoisotopic (exact) mass is 591 g/mol. The Labute approximate surface area is 252 Å². The topological polar surface area (TPSA) is 90.4 Å². The third-order valence-electron chi connectivity index (χ3n) is 9.15. The summed E-state index contributed by atoms with van der Waals surface area (Å²) in [6.07, 6.45) is 4.66. The van der Waals surface area contributed by atoms with Crippen molar-refractivity contribution in [1.82, 2.24) is 4.90 Å². The predicted octanol–water partition coefficient (Wildman–Crippen LogP) is 4.61. The summed E-state index contributed by atoms with van der Waals surface area (Å²) in [5.74, 6) is -2.63. The Morgan fingerprint density at radius 2 is 1.64 bits per heavy atom. The van der Waals surface area contributed by atoms with Crippen LogP contribution in [-0.2, 0) is 19.1 Å². The first-order valence-corrected chi connectivity index (χ1v) is 14.8. The first-order valence-electron chi connectivity index (χ1n) is 14.5. The van der Waals surface area contributed by atoms with Gasteiger partial charge in [0.2, 0.25) is 11.8 Å². The number of hydrogen-bond acceptors (Lipinski definition) is 5. The maximum absolute atomic E-state index is 14.7. The fraction of sp³-hybridized carbons (Fsp3) is 0.424. The normalized spacial score (nSPS) is 28.3. The van der Waals surface area contributed by atoms with Gasteiger partial charge in [-0.25, -0.2) is 0 Å². The molecular weight excluding hydrogens is 554 g/mol. The maximum atomic E-state index is 14.7.